The van der Waals surface area contributed by atoms with Crippen molar-refractivity contribution in [2.24, 2.45) is 0 Å². The molecule has 214 valence electrons. The molecule has 0 radical (unpaired) electrons. The molecule has 13 heteroatoms. The van der Waals surface area contributed by atoms with E-state index in [1.54, 1.807) is 31.5 Å². The number of nitrogens with zero attached hydrogens (tertiary/aromatic N) is 1. The molecule has 0 fully saturated rings. The van der Waals surface area contributed by atoms with Crippen LogP contribution in [0.15, 0.2) is 77.0 Å². The van der Waals surface area contributed by atoms with E-state index in [-0.39, 0.29) is 21.5 Å². The predicted molar refractivity (Wildman–Crippen MR) is 151 cm³/mol. The molecule has 0 saturated carbocycles. The largest absolute Gasteiger partial charge is 0.416 e. The Labute approximate surface area is 238 Å². The van der Waals surface area contributed by atoms with E-state index >= 15 is 0 Å². The van der Waals surface area contributed by atoms with Crippen LogP contribution < -0.4 is 15.4 Å². The summed E-state index contributed by atoms with van der Waals surface area (Å²) in [6, 6.07) is 15.3. The van der Waals surface area contributed by atoms with Gasteiger partial charge in [-0.25, -0.2) is 13.4 Å². The molecule has 4 aromatic rings. The van der Waals surface area contributed by atoms with Crippen LogP contribution >= 0.6 is 11.3 Å². The fraction of sp³-hybridized carbons (Fsp3) is 0.179. The van der Waals surface area contributed by atoms with Gasteiger partial charge in [0.05, 0.1) is 27.4 Å². The van der Waals surface area contributed by atoms with Gasteiger partial charge in [0.25, 0.3) is 15.9 Å². The Bertz CT molecular complexity index is 1670. The Balaban J connectivity index is 1.55. The molecular formula is C28H25F3N4O4S2. The lowest BCUT2D eigenvalue weighted by atomic mass is 10.1. The number of benzene rings is 3. The second-order valence-electron chi connectivity index (χ2n) is 9.04. The van der Waals surface area contributed by atoms with Crippen molar-refractivity contribution in [3.8, 4) is 11.3 Å². The van der Waals surface area contributed by atoms with Gasteiger partial charge >= 0.3 is 6.18 Å². The van der Waals surface area contributed by atoms with Crippen LogP contribution in [0.1, 0.15) is 33.5 Å². The average Bonchev–Trinajstić information content (AvgIpc) is 3.39. The van der Waals surface area contributed by atoms with Gasteiger partial charge < -0.3 is 5.32 Å². The van der Waals surface area contributed by atoms with Crippen LogP contribution in [0.4, 0.5) is 24.0 Å². The van der Waals surface area contributed by atoms with Gasteiger partial charge in [-0.05, 0) is 49.2 Å². The molecule has 0 bridgehead atoms. The second-order valence-corrected chi connectivity index (χ2v) is 11.6. The molecule has 3 N–H and O–H groups in total. The topological polar surface area (TPSA) is 117 Å². The summed E-state index contributed by atoms with van der Waals surface area (Å²) in [5.74, 6) is -0.904. The summed E-state index contributed by atoms with van der Waals surface area (Å²) >= 11 is 1.10. The van der Waals surface area contributed by atoms with E-state index in [1.165, 1.54) is 12.1 Å². The molecule has 0 saturated heterocycles. The zero-order valence-electron chi connectivity index (χ0n) is 21.9. The van der Waals surface area contributed by atoms with Gasteiger partial charge in [-0.1, -0.05) is 42.0 Å². The Morgan fingerprint density at radius 2 is 1.66 bits per heavy atom. The third-order valence-electron chi connectivity index (χ3n) is 6.06. The molecule has 1 aromatic heterocycles. The predicted octanol–water partition coefficient (Wildman–Crippen LogP) is 5.87. The van der Waals surface area contributed by atoms with Crippen molar-refractivity contribution in [2.45, 2.75) is 30.8 Å². The van der Waals surface area contributed by atoms with Crippen LogP contribution in [0.3, 0.4) is 0 Å². The van der Waals surface area contributed by atoms with Gasteiger partial charge in [0.15, 0.2) is 5.13 Å². The number of carbonyl (C=O) groups excluding carboxylic acids is 2. The minimum absolute atomic E-state index is 0.0619. The van der Waals surface area contributed by atoms with Crippen LogP contribution in [-0.4, -0.2) is 32.3 Å². The lowest BCUT2D eigenvalue weighted by Gasteiger charge is -2.15. The van der Waals surface area contributed by atoms with Crippen LogP contribution in [0.5, 0.6) is 0 Å². The van der Waals surface area contributed by atoms with E-state index in [1.807, 2.05) is 24.3 Å². The summed E-state index contributed by atoms with van der Waals surface area (Å²) in [4.78, 5) is 28.8. The molecule has 0 aliphatic heterocycles. The molecule has 0 aliphatic carbocycles. The maximum Gasteiger partial charge on any atom is 0.416 e. The number of aryl methyl sites for hydroxylation is 2. The molecule has 8 nitrogen and oxygen atoms in total. The monoisotopic (exact) mass is 602 g/mol. The quantitative estimate of drug-likeness (QED) is 0.222. The van der Waals surface area contributed by atoms with Crippen molar-refractivity contribution in [1.29, 1.82) is 0 Å². The normalized spacial score (nSPS) is 11.6. The van der Waals surface area contributed by atoms with E-state index in [0.29, 0.717) is 30.7 Å². The standard InChI is InChI=1S/C28H25F3N4O4S2/c1-17-3-11-21(12-4-17)41(38,39)35-23-15-20(28(29,30)31)10-13-22(23)26(37)34-27-33-24(16-40-27)19-8-5-18(6-9-19)7-14-25(36)32-2/h3-6,8-13,15-16,35H,7,14H2,1-2H3,(H,32,36)(H,33,34,37). The number of rotatable bonds is 9. The van der Waals surface area contributed by atoms with Crippen molar-refractivity contribution in [3.05, 3.63) is 94.4 Å². The number of amides is 2. The molecule has 41 heavy (non-hydrogen) atoms. The zero-order chi connectivity index (χ0) is 29.8. The van der Waals surface area contributed by atoms with Crippen LogP contribution in [0.25, 0.3) is 11.3 Å². The molecular weight excluding hydrogens is 577 g/mol. The Kier molecular flexibility index (Phi) is 8.78. The Morgan fingerprint density at radius 1 is 0.976 bits per heavy atom. The van der Waals surface area contributed by atoms with Gasteiger partial charge in [-0.3, -0.25) is 19.6 Å². The Hall–Kier alpha value is -4.23. The maximum atomic E-state index is 13.4. The summed E-state index contributed by atoms with van der Waals surface area (Å²) in [5.41, 5.74) is 1.10. The first-order chi connectivity index (χ1) is 19.4. The van der Waals surface area contributed by atoms with Crippen molar-refractivity contribution in [2.75, 3.05) is 17.1 Å². The van der Waals surface area contributed by atoms with Gasteiger partial charge in [-0.15, -0.1) is 11.3 Å². The van der Waals surface area contributed by atoms with E-state index < -0.39 is 33.4 Å². The van der Waals surface area contributed by atoms with Crippen molar-refractivity contribution < 1.29 is 31.2 Å². The van der Waals surface area contributed by atoms with Crippen LogP contribution in [0.2, 0.25) is 0 Å². The number of hydrogen-bond donors (Lipinski definition) is 3. The van der Waals surface area contributed by atoms with E-state index in [2.05, 4.69) is 20.3 Å². The first kappa shape index (κ1) is 29.7. The highest BCUT2D eigenvalue weighted by atomic mass is 32.2. The lowest BCUT2D eigenvalue weighted by Crippen LogP contribution is -2.20. The average molecular weight is 603 g/mol. The number of halogens is 3. The van der Waals surface area contributed by atoms with Crippen molar-refractivity contribution in [3.63, 3.8) is 0 Å². The van der Waals surface area contributed by atoms with E-state index in [4.69, 9.17) is 0 Å². The summed E-state index contributed by atoms with van der Waals surface area (Å²) in [7, 11) is -2.72. The van der Waals surface area contributed by atoms with Gasteiger partial charge in [0, 0.05) is 24.4 Å². The number of aromatic nitrogens is 1. The number of alkyl halides is 3. The van der Waals surface area contributed by atoms with Crippen LogP contribution in [-0.2, 0) is 27.4 Å². The summed E-state index contributed by atoms with van der Waals surface area (Å²) in [6.07, 6.45) is -3.83. The SMILES string of the molecule is CNC(=O)CCc1ccc(-c2csc(NC(=O)c3ccc(C(F)(F)F)cc3NS(=O)(=O)c3ccc(C)cc3)n2)cc1. The summed E-state index contributed by atoms with van der Waals surface area (Å²) in [5, 5.41) is 6.97. The molecule has 1 heterocycles. The third kappa shape index (κ3) is 7.50. The number of hydrogen-bond acceptors (Lipinski definition) is 6. The fourth-order valence-electron chi connectivity index (χ4n) is 3.78. The minimum Gasteiger partial charge on any atom is -0.359 e. The molecule has 4 rings (SSSR count). The summed E-state index contributed by atoms with van der Waals surface area (Å²) in [6.45, 7) is 1.76. The van der Waals surface area contributed by atoms with Gasteiger partial charge in [0.2, 0.25) is 5.91 Å². The fourth-order valence-corrected chi connectivity index (χ4v) is 5.56. The molecule has 2 amide bonds. The first-order valence-electron chi connectivity index (χ1n) is 12.2. The van der Waals surface area contributed by atoms with Crippen molar-refractivity contribution in [1.82, 2.24) is 10.3 Å². The Morgan fingerprint density at radius 3 is 2.29 bits per heavy atom. The zero-order valence-corrected chi connectivity index (χ0v) is 23.5. The smallest absolute Gasteiger partial charge is 0.359 e. The van der Waals surface area contributed by atoms with E-state index in [9.17, 15) is 31.2 Å². The first-order valence-corrected chi connectivity index (χ1v) is 14.6. The minimum atomic E-state index is -4.76. The van der Waals surface area contributed by atoms with Crippen LogP contribution in [0, 0.1) is 6.92 Å². The maximum absolute atomic E-state index is 13.4. The lowest BCUT2D eigenvalue weighted by molar-refractivity contribution is -0.137. The number of anilines is 2. The second kappa shape index (κ2) is 12.1. The molecule has 0 unspecified atom stereocenters. The molecule has 0 spiro atoms. The van der Waals surface area contributed by atoms with Gasteiger partial charge in [0.1, 0.15) is 0 Å². The number of nitrogens with one attached hydrogen (secondary N) is 3. The summed E-state index contributed by atoms with van der Waals surface area (Å²) < 4.78 is 68.3. The molecule has 3 aromatic carbocycles. The number of carbonyl (C=O) groups is 2. The van der Waals surface area contributed by atoms with Gasteiger partial charge in [-0.2, -0.15) is 13.2 Å². The number of sulfonamides is 1. The highest BCUT2D eigenvalue weighted by Gasteiger charge is 2.32. The number of thiazole rings is 1. The molecule has 0 aliphatic rings. The highest BCUT2D eigenvalue weighted by molar-refractivity contribution is 7.92. The highest BCUT2D eigenvalue weighted by Crippen LogP contribution is 2.34. The molecule has 0 atom stereocenters. The third-order valence-corrected chi connectivity index (χ3v) is 8.20. The van der Waals surface area contributed by atoms with E-state index in [0.717, 1.165) is 34.1 Å². The van der Waals surface area contributed by atoms with Crippen molar-refractivity contribution >= 4 is 44.0 Å².